The first kappa shape index (κ1) is 31.3. The van der Waals surface area contributed by atoms with Crippen LogP contribution in [0.5, 0.6) is 0 Å². The number of carbonyl (C=O) groups is 2. The molecule has 0 saturated carbocycles. The summed E-state index contributed by atoms with van der Waals surface area (Å²) < 4.78 is 31.1. The second-order valence-electron chi connectivity index (χ2n) is 10.3. The van der Waals surface area contributed by atoms with Gasteiger partial charge >= 0.3 is 0 Å². The van der Waals surface area contributed by atoms with Crippen LogP contribution in [-0.4, -0.2) is 30.6 Å². The van der Waals surface area contributed by atoms with E-state index in [2.05, 4.69) is 21.2 Å². The average molecular weight is 679 g/mol. The van der Waals surface area contributed by atoms with Gasteiger partial charge in [-0.3, -0.25) is 9.59 Å². The minimum absolute atomic E-state index is 0.0189. The van der Waals surface area contributed by atoms with Crippen LogP contribution in [-0.2, 0) is 19.6 Å². The molecule has 11 heteroatoms. The van der Waals surface area contributed by atoms with E-state index in [1.807, 2.05) is 38.1 Å². The highest BCUT2D eigenvalue weighted by Crippen LogP contribution is 2.46. The number of nitrogens with zero attached hydrogens (tertiary/aromatic N) is 1. The van der Waals surface area contributed by atoms with Crippen molar-refractivity contribution in [3.63, 3.8) is 0 Å². The summed E-state index contributed by atoms with van der Waals surface area (Å²) in [5, 5.41) is 3.52. The molecule has 0 bridgehead atoms. The summed E-state index contributed by atoms with van der Waals surface area (Å²) in [6, 6.07) is 17.4. The van der Waals surface area contributed by atoms with Gasteiger partial charge in [0.1, 0.15) is 6.04 Å². The lowest BCUT2D eigenvalue weighted by molar-refractivity contribution is -0.126. The highest BCUT2D eigenvalue weighted by molar-refractivity contribution is 9.10. The highest BCUT2D eigenvalue weighted by Gasteiger charge is 2.45. The van der Waals surface area contributed by atoms with Crippen LogP contribution in [0.2, 0.25) is 10.0 Å². The third kappa shape index (κ3) is 7.21. The fourth-order valence-corrected chi connectivity index (χ4v) is 7.50. The van der Waals surface area contributed by atoms with E-state index in [1.54, 1.807) is 30.3 Å². The molecule has 0 aromatic heterocycles. The summed E-state index contributed by atoms with van der Waals surface area (Å²) >= 11 is 15.9. The number of sulfonamides is 1. The van der Waals surface area contributed by atoms with Crippen molar-refractivity contribution in [3.8, 4) is 0 Å². The molecule has 2 amide bonds. The van der Waals surface area contributed by atoms with E-state index < -0.39 is 40.0 Å². The smallest absolute Gasteiger partial charge is 0.249 e. The summed E-state index contributed by atoms with van der Waals surface area (Å²) in [4.78, 5) is 26.1. The molecule has 3 aromatic carbocycles. The Kier molecular flexibility index (Phi) is 9.97. The van der Waals surface area contributed by atoms with Crippen LogP contribution in [0.15, 0.2) is 93.8 Å². The zero-order valence-electron chi connectivity index (χ0n) is 22.4. The van der Waals surface area contributed by atoms with Gasteiger partial charge in [-0.25, -0.2) is 8.42 Å². The van der Waals surface area contributed by atoms with Crippen molar-refractivity contribution in [1.29, 1.82) is 0 Å². The second-order valence-corrected chi connectivity index (χ2v) is 13.9. The summed E-state index contributed by atoms with van der Waals surface area (Å²) in [5.74, 6) is -1.16. The largest absolute Gasteiger partial charge is 0.368 e. The normalized spacial score (nSPS) is 18.5. The molecule has 7 nitrogen and oxygen atoms in total. The Morgan fingerprint density at radius 3 is 2.27 bits per heavy atom. The van der Waals surface area contributed by atoms with Crippen LogP contribution < -0.4 is 11.1 Å². The zero-order chi connectivity index (χ0) is 29.9. The van der Waals surface area contributed by atoms with Crippen molar-refractivity contribution in [2.24, 2.45) is 11.7 Å². The zero-order valence-corrected chi connectivity index (χ0v) is 26.3. The molecule has 3 aromatic rings. The van der Waals surface area contributed by atoms with Crippen LogP contribution in [0.25, 0.3) is 0 Å². The SMILES string of the molecule is CC(C)C[C@H](NC(=O)C1=CCC(c2cccc(Br)c2)N(S(=O)(=O)c2ccc(Cl)cc2)[C@H]1c1cccc(Cl)c1)C(N)=O. The van der Waals surface area contributed by atoms with Gasteiger partial charge in [0.15, 0.2) is 0 Å². The maximum absolute atomic E-state index is 14.5. The number of hydrogen-bond donors (Lipinski definition) is 2. The minimum atomic E-state index is -4.23. The maximum Gasteiger partial charge on any atom is 0.249 e. The molecule has 1 aliphatic heterocycles. The molecule has 4 rings (SSSR count). The standard InChI is InChI=1S/C30H30BrCl2N3O4S/c1-18(2)15-26(29(34)37)35-30(38)25-13-14-27(19-5-3-7-21(31)16-19)36(28(25)20-6-4-8-23(33)17-20)41(39,40)24-11-9-22(32)10-12-24/h3-13,16-18,26-28H,14-15H2,1-2H3,(H2,34,37)(H,35,38)/t26-,27?,28-/m0/s1. The number of rotatable bonds is 9. The van der Waals surface area contributed by atoms with Gasteiger partial charge in [-0.1, -0.05) is 83.3 Å². The van der Waals surface area contributed by atoms with Gasteiger partial charge in [-0.15, -0.1) is 0 Å². The average Bonchev–Trinajstić information content (AvgIpc) is 2.91. The third-order valence-electron chi connectivity index (χ3n) is 6.82. The van der Waals surface area contributed by atoms with E-state index in [9.17, 15) is 18.0 Å². The number of carbonyl (C=O) groups excluding carboxylic acids is 2. The number of benzene rings is 3. The van der Waals surface area contributed by atoms with Crippen molar-refractivity contribution < 1.29 is 18.0 Å². The van der Waals surface area contributed by atoms with Crippen molar-refractivity contribution in [2.45, 2.75) is 49.7 Å². The van der Waals surface area contributed by atoms with Crippen molar-refractivity contribution in [3.05, 3.63) is 110 Å². The predicted octanol–water partition coefficient (Wildman–Crippen LogP) is 6.58. The molecule has 3 N–H and O–H groups in total. The molecule has 0 fully saturated rings. The Hall–Kier alpha value is -2.69. The van der Waals surface area contributed by atoms with Gasteiger partial charge < -0.3 is 11.1 Å². The molecule has 41 heavy (non-hydrogen) atoms. The topological polar surface area (TPSA) is 110 Å². The summed E-state index contributed by atoms with van der Waals surface area (Å²) in [5.41, 5.74) is 7.01. The number of nitrogens with one attached hydrogen (secondary N) is 1. The van der Waals surface area contributed by atoms with Crippen molar-refractivity contribution >= 4 is 61.0 Å². The molecular formula is C30H30BrCl2N3O4S. The molecule has 1 unspecified atom stereocenters. The Balaban J connectivity index is 1.93. The van der Waals surface area contributed by atoms with Gasteiger partial charge in [0, 0.05) is 20.1 Å². The first-order valence-corrected chi connectivity index (χ1v) is 16.0. The maximum atomic E-state index is 14.5. The Labute approximate surface area is 258 Å². The van der Waals surface area contributed by atoms with Gasteiger partial charge in [-0.05, 0) is 78.4 Å². The number of primary amides is 1. The van der Waals surface area contributed by atoms with E-state index in [1.165, 1.54) is 28.6 Å². The van der Waals surface area contributed by atoms with Crippen LogP contribution >= 0.6 is 39.1 Å². The number of amides is 2. The van der Waals surface area contributed by atoms with Crippen LogP contribution in [0.4, 0.5) is 0 Å². The molecule has 0 radical (unpaired) electrons. The van der Waals surface area contributed by atoms with E-state index >= 15 is 0 Å². The fourth-order valence-electron chi connectivity index (χ4n) is 4.98. The van der Waals surface area contributed by atoms with Crippen molar-refractivity contribution in [2.75, 3.05) is 0 Å². The molecule has 1 aliphatic rings. The predicted molar refractivity (Wildman–Crippen MR) is 165 cm³/mol. The van der Waals surface area contributed by atoms with E-state index in [-0.39, 0.29) is 22.8 Å². The molecule has 216 valence electrons. The lowest BCUT2D eigenvalue weighted by Crippen LogP contribution is -2.49. The molecule has 0 aliphatic carbocycles. The van der Waals surface area contributed by atoms with Crippen LogP contribution in [0.3, 0.4) is 0 Å². The third-order valence-corrected chi connectivity index (χ3v) is 9.69. The first-order valence-electron chi connectivity index (χ1n) is 13.0. The number of nitrogens with two attached hydrogens (primary N) is 1. The van der Waals surface area contributed by atoms with E-state index in [0.29, 0.717) is 22.0 Å². The van der Waals surface area contributed by atoms with Crippen molar-refractivity contribution in [1.82, 2.24) is 9.62 Å². The monoisotopic (exact) mass is 677 g/mol. The minimum Gasteiger partial charge on any atom is -0.368 e. The Morgan fingerprint density at radius 2 is 1.66 bits per heavy atom. The fraction of sp³-hybridized carbons (Fsp3) is 0.267. The summed E-state index contributed by atoms with van der Waals surface area (Å²) in [6.07, 6.45) is 2.27. The molecular weight excluding hydrogens is 649 g/mol. The number of hydrogen-bond acceptors (Lipinski definition) is 4. The van der Waals surface area contributed by atoms with Crippen LogP contribution in [0, 0.1) is 5.92 Å². The Morgan fingerprint density at radius 1 is 1.00 bits per heavy atom. The van der Waals surface area contributed by atoms with Gasteiger partial charge in [0.25, 0.3) is 0 Å². The molecule has 0 saturated heterocycles. The van der Waals surface area contributed by atoms with Gasteiger partial charge in [0.05, 0.1) is 17.0 Å². The number of halogens is 3. The first-order chi connectivity index (χ1) is 19.4. The van der Waals surface area contributed by atoms with E-state index in [0.717, 1.165) is 10.0 Å². The van der Waals surface area contributed by atoms with E-state index in [4.69, 9.17) is 28.9 Å². The van der Waals surface area contributed by atoms with Gasteiger partial charge in [-0.2, -0.15) is 4.31 Å². The summed E-state index contributed by atoms with van der Waals surface area (Å²) in [7, 11) is -4.23. The summed E-state index contributed by atoms with van der Waals surface area (Å²) in [6.45, 7) is 3.83. The second kappa shape index (κ2) is 13.1. The van der Waals surface area contributed by atoms with Crippen LogP contribution in [0.1, 0.15) is 49.9 Å². The lowest BCUT2D eigenvalue weighted by atomic mass is 9.88. The quantitative estimate of drug-likeness (QED) is 0.267. The molecule has 0 spiro atoms. The molecule has 1 heterocycles. The Bertz CT molecular complexity index is 1580. The van der Waals surface area contributed by atoms with Gasteiger partial charge in [0.2, 0.25) is 21.8 Å². The molecule has 3 atom stereocenters. The lowest BCUT2D eigenvalue weighted by Gasteiger charge is -2.41. The highest BCUT2D eigenvalue weighted by atomic mass is 79.9.